The first-order valence-corrected chi connectivity index (χ1v) is 12.0. The van der Waals surface area contributed by atoms with Crippen molar-refractivity contribution in [3.05, 3.63) is 75.1 Å². The van der Waals surface area contributed by atoms with E-state index in [-0.39, 0.29) is 5.63 Å². The summed E-state index contributed by atoms with van der Waals surface area (Å²) in [4.78, 5) is 37.2. The minimum absolute atomic E-state index is 0.343. The quantitative estimate of drug-likeness (QED) is 0.288. The Hall–Kier alpha value is -3.61. The van der Waals surface area contributed by atoms with Crippen molar-refractivity contribution in [3.8, 4) is 5.75 Å². The molecule has 0 aliphatic carbocycles. The number of ether oxygens (including phenoxy) is 1. The van der Waals surface area contributed by atoms with Crippen LogP contribution in [0.5, 0.6) is 5.75 Å². The highest BCUT2D eigenvalue weighted by Crippen LogP contribution is 2.30. The maximum absolute atomic E-state index is 12.7. The molecule has 2 atom stereocenters. The number of aryl methyl sites for hydroxylation is 2. The van der Waals surface area contributed by atoms with Gasteiger partial charge in [0.25, 0.3) is 5.91 Å². The zero-order chi connectivity index (χ0) is 25.5. The molecule has 0 spiro atoms. The molecule has 0 aliphatic rings. The molecule has 0 aliphatic heterocycles. The van der Waals surface area contributed by atoms with Crippen LogP contribution >= 0.6 is 0 Å². The van der Waals surface area contributed by atoms with Gasteiger partial charge in [-0.25, -0.2) is 9.59 Å². The smallest absolute Gasteiger partial charge is 0.339 e. The average molecular weight is 480 g/mol. The van der Waals surface area contributed by atoms with Crippen LogP contribution in [0, 0.1) is 13.8 Å². The number of unbranched alkanes of at least 4 members (excludes halogenated alkanes) is 3. The third-order valence-electron chi connectivity index (χ3n) is 6.27. The third-order valence-corrected chi connectivity index (χ3v) is 6.27. The van der Waals surface area contributed by atoms with Crippen LogP contribution in [-0.4, -0.2) is 23.1 Å². The van der Waals surface area contributed by atoms with Crippen LogP contribution in [0.15, 0.2) is 51.7 Å². The molecule has 3 aromatic rings. The fourth-order valence-corrected chi connectivity index (χ4v) is 4.15. The van der Waals surface area contributed by atoms with Gasteiger partial charge in [0.15, 0.2) is 12.1 Å². The monoisotopic (exact) mass is 479 g/mol. The van der Waals surface area contributed by atoms with Gasteiger partial charge < -0.3 is 19.6 Å². The molecule has 2 unspecified atom stereocenters. The van der Waals surface area contributed by atoms with E-state index in [9.17, 15) is 19.5 Å². The van der Waals surface area contributed by atoms with Crippen LogP contribution in [0.2, 0.25) is 0 Å². The summed E-state index contributed by atoms with van der Waals surface area (Å²) in [5, 5.41) is 12.9. The molecule has 2 N–H and O–H groups in total. The number of aliphatic carboxylic acids is 1. The lowest BCUT2D eigenvalue weighted by atomic mass is 9.99. The highest BCUT2D eigenvalue weighted by atomic mass is 16.5. The van der Waals surface area contributed by atoms with Gasteiger partial charge in [0, 0.05) is 16.5 Å². The van der Waals surface area contributed by atoms with E-state index in [4.69, 9.17) is 9.15 Å². The second-order valence-corrected chi connectivity index (χ2v) is 8.82. The summed E-state index contributed by atoms with van der Waals surface area (Å²) in [6, 6.07) is 10.9. The first-order valence-electron chi connectivity index (χ1n) is 12.0. The van der Waals surface area contributed by atoms with E-state index in [0.29, 0.717) is 34.4 Å². The van der Waals surface area contributed by atoms with E-state index in [0.717, 1.165) is 36.6 Å². The van der Waals surface area contributed by atoms with Crippen LogP contribution in [0.4, 0.5) is 0 Å². The van der Waals surface area contributed by atoms with Crippen molar-refractivity contribution in [2.24, 2.45) is 0 Å². The van der Waals surface area contributed by atoms with E-state index in [1.54, 1.807) is 50.2 Å². The van der Waals surface area contributed by atoms with Gasteiger partial charge in [0.1, 0.15) is 11.3 Å². The molecule has 0 saturated heterocycles. The minimum Gasteiger partial charge on any atom is -0.480 e. The van der Waals surface area contributed by atoms with Gasteiger partial charge in [-0.1, -0.05) is 56.5 Å². The number of rotatable bonds is 11. The second-order valence-electron chi connectivity index (χ2n) is 8.82. The zero-order valence-electron chi connectivity index (χ0n) is 20.7. The Morgan fingerprint density at radius 3 is 2.40 bits per heavy atom. The molecule has 35 heavy (non-hydrogen) atoms. The van der Waals surface area contributed by atoms with Crippen LogP contribution in [0.25, 0.3) is 11.0 Å². The topological polar surface area (TPSA) is 106 Å². The molecule has 186 valence electrons. The van der Waals surface area contributed by atoms with Crippen LogP contribution in [-0.2, 0) is 16.0 Å². The highest BCUT2D eigenvalue weighted by molar-refractivity contribution is 5.88. The van der Waals surface area contributed by atoms with Gasteiger partial charge in [-0.15, -0.1) is 0 Å². The van der Waals surface area contributed by atoms with Gasteiger partial charge >= 0.3 is 11.6 Å². The fraction of sp³-hybridized carbons (Fsp3) is 0.393. The lowest BCUT2D eigenvalue weighted by Crippen LogP contribution is -2.41. The number of carbonyl (C=O) groups excluding carboxylic acids is 1. The summed E-state index contributed by atoms with van der Waals surface area (Å²) in [6.45, 7) is 7.40. The van der Waals surface area contributed by atoms with Crippen molar-refractivity contribution in [1.82, 2.24) is 5.32 Å². The molecule has 1 heterocycles. The molecular weight excluding hydrogens is 446 g/mol. The van der Waals surface area contributed by atoms with E-state index >= 15 is 0 Å². The van der Waals surface area contributed by atoms with Crippen molar-refractivity contribution >= 4 is 22.8 Å². The van der Waals surface area contributed by atoms with E-state index in [2.05, 4.69) is 12.2 Å². The molecule has 1 amide bonds. The summed E-state index contributed by atoms with van der Waals surface area (Å²) >= 11 is 0. The number of nitrogens with one attached hydrogen (secondary N) is 1. The molecule has 0 saturated carbocycles. The first-order chi connectivity index (χ1) is 16.7. The van der Waals surface area contributed by atoms with Crippen molar-refractivity contribution in [2.45, 2.75) is 71.9 Å². The summed E-state index contributed by atoms with van der Waals surface area (Å²) in [6.07, 6.45) is 4.01. The number of hydrogen-bond acceptors (Lipinski definition) is 5. The first kappa shape index (κ1) is 26.0. The predicted octanol–water partition coefficient (Wildman–Crippen LogP) is 5.24. The molecule has 0 radical (unpaired) electrons. The lowest BCUT2D eigenvalue weighted by molar-refractivity contribution is -0.143. The van der Waals surface area contributed by atoms with E-state index < -0.39 is 24.0 Å². The van der Waals surface area contributed by atoms with Gasteiger partial charge in [0.2, 0.25) is 0 Å². The SMILES string of the molecule is CCCCCCc1c(C)c2ccc(OC(C)C(=O)NC(C(=O)O)c3ccccc3)c(C)c2oc1=O. The summed E-state index contributed by atoms with van der Waals surface area (Å²) in [5.74, 6) is -1.34. The largest absolute Gasteiger partial charge is 0.480 e. The summed E-state index contributed by atoms with van der Waals surface area (Å²) in [5.41, 5.74) is 2.77. The second kappa shape index (κ2) is 11.7. The van der Waals surface area contributed by atoms with Crippen molar-refractivity contribution < 1.29 is 23.8 Å². The van der Waals surface area contributed by atoms with Gasteiger partial charge in [0.05, 0.1) is 0 Å². The predicted molar refractivity (Wildman–Crippen MR) is 135 cm³/mol. The maximum Gasteiger partial charge on any atom is 0.339 e. The summed E-state index contributed by atoms with van der Waals surface area (Å²) < 4.78 is 11.6. The van der Waals surface area contributed by atoms with Gasteiger partial charge in [-0.3, -0.25) is 4.79 Å². The molecule has 3 rings (SSSR count). The third kappa shape index (κ3) is 6.10. The Kier molecular flexibility index (Phi) is 8.68. The number of fused-ring (bicyclic) bond motifs is 1. The van der Waals surface area contributed by atoms with Crippen LogP contribution in [0.3, 0.4) is 0 Å². The fourth-order valence-electron chi connectivity index (χ4n) is 4.15. The lowest BCUT2D eigenvalue weighted by Gasteiger charge is -2.20. The zero-order valence-corrected chi connectivity index (χ0v) is 20.7. The number of carboxylic acids is 1. The van der Waals surface area contributed by atoms with Gasteiger partial charge in [-0.2, -0.15) is 0 Å². The molecule has 7 nitrogen and oxygen atoms in total. The maximum atomic E-state index is 12.7. The molecule has 0 bridgehead atoms. The Labute approximate surface area is 205 Å². The van der Waals surface area contributed by atoms with E-state index in [1.807, 2.05) is 13.0 Å². The average Bonchev–Trinajstić information content (AvgIpc) is 2.84. The van der Waals surface area contributed by atoms with E-state index in [1.165, 1.54) is 0 Å². The Bertz CT molecular complexity index is 1250. The number of benzene rings is 2. The van der Waals surface area contributed by atoms with Gasteiger partial charge in [-0.05, 0) is 56.9 Å². The summed E-state index contributed by atoms with van der Waals surface area (Å²) in [7, 11) is 0. The molecule has 7 heteroatoms. The highest BCUT2D eigenvalue weighted by Gasteiger charge is 2.26. The molecule has 1 aromatic heterocycles. The van der Waals surface area contributed by atoms with Crippen molar-refractivity contribution in [3.63, 3.8) is 0 Å². The van der Waals surface area contributed by atoms with Crippen LogP contribution in [0.1, 0.15) is 67.8 Å². The standard InChI is InChI=1S/C28H33NO6/c1-5-6-7-11-14-22-17(2)21-15-16-23(18(3)25(21)35-28(22)33)34-19(4)26(30)29-24(27(31)32)20-12-9-8-10-13-20/h8-10,12-13,15-16,19,24H,5-7,11,14H2,1-4H3,(H,29,30)(H,31,32). The van der Waals surface area contributed by atoms with Crippen LogP contribution < -0.4 is 15.7 Å². The molecule has 2 aromatic carbocycles. The number of carbonyl (C=O) groups is 2. The number of amides is 1. The Balaban J connectivity index is 1.79. The number of carboxylic acid groups (broad SMARTS) is 1. The molecule has 0 fully saturated rings. The Morgan fingerprint density at radius 2 is 1.74 bits per heavy atom. The normalized spacial score (nSPS) is 12.8. The van der Waals surface area contributed by atoms with Crippen molar-refractivity contribution in [1.29, 1.82) is 0 Å². The minimum atomic E-state index is -1.19. The Morgan fingerprint density at radius 1 is 1.03 bits per heavy atom. The van der Waals surface area contributed by atoms with Crippen molar-refractivity contribution in [2.75, 3.05) is 0 Å². The number of hydrogen-bond donors (Lipinski definition) is 2. The molecular formula is C28H33NO6.